The molecule has 7 nitrogen and oxygen atoms in total. The fraction of sp³-hybridized carbons (Fsp3) is 0.114. The van der Waals surface area contributed by atoms with Gasteiger partial charge in [-0.1, -0.05) is 72.8 Å². The van der Waals surface area contributed by atoms with Crippen LogP contribution in [0.5, 0.6) is 11.5 Å². The molecule has 1 aromatic heterocycles. The first-order chi connectivity index (χ1) is 20.6. The molecule has 5 aromatic carbocycles. The first kappa shape index (κ1) is 26.9. The maximum atomic E-state index is 11.8. The number of benzene rings is 5. The number of hydrogen-bond acceptors (Lipinski definition) is 6. The number of carbonyl (C=O) groups excluding carboxylic acids is 1. The second-order valence-corrected chi connectivity index (χ2v) is 9.94. The summed E-state index contributed by atoms with van der Waals surface area (Å²) in [5.41, 5.74) is 6.48. The number of methoxy groups -OCH3 is 1. The van der Waals surface area contributed by atoms with Crippen LogP contribution in [0.15, 0.2) is 113 Å². The van der Waals surface area contributed by atoms with Crippen LogP contribution < -0.4 is 20.3 Å². The number of amides is 1. The lowest BCUT2D eigenvalue weighted by Crippen LogP contribution is -2.18. The van der Waals surface area contributed by atoms with Crippen LogP contribution in [0, 0.1) is 0 Å². The van der Waals surface area contributed by atoms with Crippen LogP contribution in [-0.4, -0.2) is 31.4 Å². The number of carbonyl (C=O) groups is 1. The molecule has 0 saturated carbocycles. The van der Waals surface area contributed by atoms with Crippen LogP contribution in [0.1, 0.15) is 22.3 Å². The molecular weight excluding hydrogens is 528 g/mol. The predicted molar refractivity (Wildman–Crippen MR) is 166 cm³/mol. The fourth-order valence-corrected chi connectivity index (χ4v) is 5.12. The molecule has 0 spiro atoms. The maximum Gasteiger partial charge on any atom is 0.274 e. The average molecular weight is 559 g/mol. The first-order valence-corrected chi connectivity index (χ1v) is 13.7. The van der Waals surface area contributed by atoms with Gasteiger partial charge in [0.05, 0.1) is 19.4 Å². The molecule has 6 aromatic rings. The van der Waals surface area contributed by atoms with Crippen LogP contribution in [0.2, 0.25) is 0 Å². The molecule has 0 atom stereocenters. The van der Waals surface area contributed by atoms with Gasteiger partial charge in [0, 0.05) is 40.8 Å². The standard InChI is InChI=1S/C35H30N2O5/c1-40-34-20-29-28-10-4-5-11-32(28)42-33(29)21-30(34)36-22-24(19-23-13-15-26(16-14-23)35(38)37-39)17-18-41-31-12-6-8-25-7-2-3-9-27(25)31/h2-16,19-21,36,39H,17-18,22H2,1H3,(H,37,38)/b24-19+. The van der Waals surface area contributed by atoms with E-state index < -0.39 is 5.91 Å². The quantitative estimate of drug-likeness (QED) is 0.117. The van der Waals surface area contributed by atoms with Gasteiger partial charge in [-0.25, -0.2) is 5.48 Å². The van der Waals surface area contributed by atoms with Gasteiger partial charge < -0.3 is 19.2 Å². The van der Waals surface area contributed by atoms with Crippen molar-refractivity contribution in [2.24, 2.45) is 0 Å². The van der Waals surface area contributed by atoms with Crippen molar-refractivity contribution in [2.75, 3.05) is 25.6 Å². The van der Waals surface area contributed by atoms with Gasteiger partial charge in [-0.15, -0.1) is 0 Å². The Labute approximate surface area is 242 Å². The molecule has 7 heteroatoms. The van der Waals surface area contributed by atoms with Crippen LogP contribution in [0.3, 0.4) is 0 Å². The zero-order chi connectivity index (χ0) is 28.9. The van der Waals surface area contributed by atoms with Gasteiger partial charge in [-0.05, 0) is 46.9 Å². The van der Waals surface area contributed by atoms with E-state index in [-0.39, 0.29) is 0 Å². The van der Waals surface area contributed by atoms with E-state index in [4.69, 9.17) is 19.1 Å². The molecule has 0 fully saturated rings. The van der Waals surface area contributed by atoms with E-state index in [2.05, 4.69) is 29.6 Å². The summed E-state index contributed by atoms with van der Waals surface area (Å²) in [4.78, 5) is 11.8. The van der Waals surface area contributed by atoms with Crippen molar-refractivity contribution in [1.82, 2.24) is 5.48 Å². The molecule has 0 unspecified atom stereocenters. The smallest absolute Gasteiger partial charge is 0.274 e. The van der Waals surface area contributed by atoms with E-state index in [0.717, 1.165) is 61.0 Å². The zero-order valence-electron chi connectivity index (χ0n) is 23.1. The molecule has 0 radical (unpaired) electrons. The van der Waals surface area contributed by atoms with Gasteiger partial charge in [-0.2, -0.15) is 0 Å². The van der Waals surface area contributed by atoms with Crippen molar-refractivity contribution >= 4 is 50.4 Å². The van der Waals surface area contributed by atoms with Crippen molar-refractivity contribution in [3.05, 3.63) is 120 Å². The van der Waals surface area contributed by atoms with Gasteiger partial charge in [-0.3, -0.25) is 10.0 Å². The summed E-state index contributed by atoms with van der Waals surface area (Å²) in [5.74, 6) is 1.01. The SMILES string of the molecule is COc1cc2c(cc1NC/C(=C/c1ccc(C(=O)NO)cc1)CCOc1cccc3ccccc13)oc1ccccc12. The molecule has 1 heterocycles. The third-order valence-corrected chi connectivity index (χ3v) is 7.28. The second kappa shape index (κ2) is 12.1. The largest absolute Gasteiger partial charge is 0.495 e. The molecule has 0 aliphatic rings. The number of hydrogen-bond donors (Lipinski definition) is 3. The Balaban J connectivity index is 1.25. The van der Waals surface area contributed by atoms with Crippen molar-refractivity contribution in [1.29, 1.82) is 0 Å². The Kier molecular flexibility index (Phi) is 7.74. The maximum absolute atomic E-state index is 11.8. The van der Waals surface area contributed by atoms with E-state index in [1.54, 1.807) is 24.7 Å². The predicted octanol–water partition coefficient (Wildman–Crippen LogP) is 7.83. The summed E-state index contributed by atoms with van der Waals surface area (Å²) >= 11 is 0. The number of nitrogens with one attached hydrogen (secondary N) is 2. The summed E-state index contributed by atoms with van der Waals surface area (Å²) < 4.78 is 18.1. The van der Waals surface area contributed by atoms with Gasteiger partial charge in [0.15, 0.2) is 0 Å². The molecule has 0 saturated heterocycles. The molecule has 6 rings (SSSR count). The Morgan fingerprint density at radius 3 is 2.40 bits per heavy atom. The van der Waals surface area contributed by atoms with Crippen LogP contribution in [-0.2, 0) is 0 Å². The monoisotopic (exact) mass is 558 g/mol. The average Bonchev–Trinajstić information content (AvgIpc) is 3.40. The normalized spacial score (nSPS) is 11.6. The van der Waals surface area contributed by atoms with Crippen LogP contribution >= 0.6 is 0 Å². The van der Waals surface area contributed by atoms with Crippen LogP contribution in [0.25, 0.3) is 38.8 Å². The number of hydroxylamine groups is 1. The van der Waals surface area contributed by atoms with Gasteiger partial charge >= 0.3 is 0 Å². The molecular formula is C35H30N2O5. The minimum atomic E-state index is -0.552. The number of anilines is 1. The molecule has 0 bridgehead atoms. The highest BCUT2D eigenvalue weighted by Crippen LogP contribution is 2.36. The van der Waals surface area contributed by atoms with Crippen molar-refractivity contribution in [2.45, 2.75) is 6.42 Å². The minimum Gasteiger partial charge on any atom is -0.495 e. The highest BCUT2D eigenvalue weighted by atomic mass is 16.5. The topological polar surface area (TPSA) is 93.0 Å². The summed E-state index contributed by atoms with van der Waals surface area (Å²) in [7, 11) is 1.66. The fourth-order valence-electron chi connectivity index (χ4n) is 5.12. The van der Waals surface area contributed by atoms with Crippen molar-refractivity contribution < 1.29 is 23.9 Å². The Morgan fingerprint density at radius 2 is 1.60 bits per heavy atom. The van der Waals surface area contributed by atoms with Gasteiger partial charge in [0.1, 0.15) is 22.7 Å². The van der Waals surface area contributed by atoms with Crippen molar-refractivity contribution in [3.63, 3.8) is 0 Å². The summed E-state index contributed by atoms with van der Waals surface area (Å²) in [5, 5.41) is 16.7. The Bertz CT molecular complexity index is 1900. The van der Waals surface area contributed by atoms with Crippen LogP contribution in [0.4, 0.5) is 5.69 Å². The minimum absolute atomic E-state index is 0.373. The van der Waals surface area contributed by atoms with E-state index in [1.807, 2.05) is 72.8 Å². The third-order valence-electron chi connectivity index (χ3n) is 7.28. The van der Waals surface area contributed by atoms with E-state index >= 15 is 0 Å². The van der Waals surface area contributed by atoms with E-state index in [0.29, 0.717) is 25.1 Å². The molecule has 42 heavy (non-hydrogen) atoms. The first-order valence-electron chi connectivity index (χ1n) is 13.7. The molecule has 0 aliphatic heterocycles. The van der Waals surface area contributed by atoms with E-state index in [9.17, 15) is 4.79 Å². The summed E-state index contributed by atoms with van der Waals surface area (Å²) in [6, 6.07) is 33.2. The summed E-state index contributed by atoms with van der Waals surface area (Å²) in [6.45, 7) is 1.01. The van der Waals surface area contributed by atoms with Gasteiger partial charge in [0.25, 0.3) is 5.91 Å². The lowest BCUT2D eigenvalue weighted by molar-refractivity contribution is 0.0706. The number of ether oxygens (including phenoxy) is 2. The molecule has 210 valence electrons. The van der Waals surface area contributed by atoms with Crippen molar-refractivity contribution in [3.8, 4) is 11.5 Å². The number of furan rings is 1. The second-order valence-electron chi connectivity index (χ2n) is 9.94. The number of rotatable bonds is 10. The Hall–Kier alpha value is -5.27. The highest BCUT2D eigenvalue weighted by molar-refractivity contribution is 6.06. The van der Waals surface area contributed by atoms with Gasteiger partial charge in [0.2, 0.25) is 0 Å². The zero-order valence-corrected chi connectivity index (χ0v) is 23.1. The number of fused-ring (bicyclic) bond motifs is 4. The lowest BCUT2D eigenvalue weighted by atomic mass is 10.1. The summed E-state index contributed by atoms with van der Waals surface area (Å²) in [6.07, 6.45) is 2.73. The molecule has 1 amide bonds. The number of para-hydroxylation sites is 1. The highest BCUT2D eigenvalue weighted by Gasteiger charge is 2.13. The molecule has 0 aliphatic carbocycles. The molecule has 3 N–H and O–H groups in total. The third kappa shape index (κ3) is 5.64. The van der Waals surface area contributed by atoms with E-state index in [1.165, 1.54) is 0 Å². The lowest BCUT2D eigenvalue weighted by Gasteiger charge is -2.15. The Morgan fingerprint density at radius 1 is 0.833 bits per heavy atom.